The summed E-state index contributed by atoms with van der Waals surface area (Å²) in [6, 6.07) is 0. The van der Waals surface area contributed by atoms with Crippen LogP contribution in [0.15, 0.2) is 0 Å². The van der Waals surface area contributed by atoms with Gasteiger partial charge in [0.15, 0.2) is 0 Å². The highest BCUT2D eigenvalue weighted by Crippen LogP contribution is 1.88. The maximum absolute atomic E-state index is 10.2. The van der Waals surface area contributed by atoms with Crippen LogP contribution in [-0.2, 0) is 19.0 Å². The molecule has 0 aromatic heterocycles. The van der Waals surface area contributed by atoms with Crippen LogP contribution in [0.2, 0.25) is 0 Å². The van der Waals surface area contributed by atoms with E-state index in [4.69, 9.17) is 14.2 Å². The van der Waals surface area contributed by atoms with Crippen LogP contribution in [0.25, 0.3) is 0 Å². The quantitative estimate of drug-likeness (QED) is 0.451. The van der Waals surface area contributed by atoms with Crippen molar-refractivity contribution in [1.29, 1.82) is 0 Å². The van der Waals surface area contributed by atoms with E-state index in [1.165, 1.54) is 6.92 Å². The molecule has 0 aromatic carbocycles. The normalized spacial score (nSPS) is 12.8. The SMILES string of the molecule is COCCOCCOC(C)C(=O)[O-]. The molecule has 13 heavy (non-hydrogen) atoms. The Morgan fingerprint density at radius 1 is 1.31 bits per heavy atom. The minimum atomic E-state index is -1.21. The van der Waals surface area contributed by atoms with E-state index >= 15 is 0 Å². The zero-order chi connectivity index (χ0) is 10.1. The number of ether oxygens (including phenoxy) is 3. The van der Waals surface area contributed by atoms with Gasteiger partial charge in [-0.2, -0.15) is 0 Å². The van der Waals surface area contributed by atoms with E-state index in [2.05, 4.69) is 0 Å². The molecule has 1 unspecified atom stereocenters. The number of rotatable bonds is 8. The van der Waals surface area contributed by atoms with Crippen LogP contribution in [0, 0.1) is 0 Å². The molecular weight excluding hydrogens is 176 g/mol. The lowest BCUT2D eigenvalue weighted by Crippen LogP contribution is -2.36. The molecule has 0 bridgehead atoms. The summed E-state index contributed by atoms with van der Waals surface area (Å²) in [4.78, 5) is 10.2. The lowest BCUT2D eigenvalue weighted by Gasteiger charge is -2.13. The van der Waals surface area contributed by atoms with Crippen LogP contribution < -0.4 is 5.11 Å². The van der Waals surface area contributed by atoms with Crippen LogP contribution in [0.3, 0.4) is 0 Å². The summed E-state index contributed by atoms with van der Waals surface area (Å²) in [5.41, 5.74) is 0. The standard InChI is InChI=1S/C8H16O5/c1-7(8(9)10)13-6-5-12-4-3-11-2/h7H,3-6H2,1-2H3,(H,9,10)/p-1. The third-order valence-electron chi connectivity index (χ3n) is 1.36. The Balaban J connectivity index is 3.11. The third kappa shape index (κ3) is 7.70. The van der Waals surface area contributed by atoms with Crippen molar-refractivity contribution in [3.05, 3.63) is 0 Å². The van der Waals surface area contributed by atoms with Gasteiger partial charge in [-0.3, -0.25) is 0 Å². The molecule has 0 aromatic rings. The van der Waals surface area contributed by atoms with Crippen LogP contribution >= 0.6 is 0 Å². The fraction of sp³-hybridized carbons (Fsp3) is 0.875. The van der Waals surface area contributed by atoms with Gasteiger partial charge in [0.05, 0.1) is 38.5 Å². The van der Waals surface area contributed by atoms with E-state index < -0.39 is 12.1 Å². The molecule has 1 atom stereocenters. The minimum absolute atomic E-state index is 0.249. The van der Waals surface area contributed by atoms with Gasteiger partial charge in [-0.05, 0) is 6.92 Å². The second-order valence-electron chi connectivity index (χ2n) is 2.44. The summed E-state index contributed by atoms with van der Waals surface area (Å²) < 4.78 is 14.6. The molecule has 0 fully saturated rings. The summed E-state index contributed by atoms with van der Waals surface area (Å²) in [6.45, 7) is 3.04. The molecule has 0 aliphatic carbocycles. The Bertz CT molecular complexity index is 136. The molecule has 0 aliphatic rings. The summed E-state index contributed by atoms with van der Waals surface area (Å²) in [6.07, 6.45) is -0.883. The highest BCUT2D eigenvalue weighted by atomic mass is 16.6. The number of carboxylic acids is 1. The maximum atomic E-state index is 10.2. The van der Waals surface area contributed by atoms with Crippen molar-refractivity contribution in [2.24, 2.45) is 0 Å². The van der Waals surface area contributed by atoms with Gasteiger partial charge in [0.2, 0.25) is 0 Å². The first kappa shape index (κ1) is 12.3. The number of hydrogen-bond donors (Lipinski definition) is 0. The van der Waals surface area contributed by atoms with Crippen LogP contribution in [0.1, 0.15) is 6.92 Å². The molecule has 78 valence electrons. The second kappa shape index (κ2) is 7.97. The van der Waals surface area contributed by atoms with E-state index in [1.807, 2.05) is 0 Å². The van der Waals surface area contributed by atoms with Crippen molar-refractivity contribution < 1.29 is 24.1 Å². The Morgan fingerprint density at radius 2 is 1.92 bits per heavy atom. The number of methoxy groups -OCH3 is 1. The van der Waals surface area contributed by atoms with Gasteiger partial charge >= 0.3 is 0 Å². The van der Waals surface area contributed by atoms with Crippen molar-refractivity contribution in [3.8, 4) is 0 Å². The molecule has 0 amide bonds. The highest BCUT2D eigenvalue weighted by molar-refractivity contribution is 5.69. The predicted molar refractivity (Wildman–Crippen MR) is 43.1 cm³/mol. The van der Waals surface area contributed by atoms with Gasteiger partial charge < -0.3 is 24.1 Å². The second-order valence-corrected chi connectivity index (χ2v) is 2.44. The van der Waals surface area contributed by atoms with Crippen LogP contribution in [0.4, 0.5) is 0 Å². The molecule has 0 radical (unpaired) electrons. The first-order valence-electron chi connectivity index (χ1n) is 4.07. The molecular formula is C8H15O5-. The van der Waals surface area contributed by atoms with Crippen molar-refractivity contribution in [2.75, 3.05) is 33.5 Å². The number of carboxylic acid groups (broad SMARTS) is 1. The van der Waals surface area contributed by atoms with Gasteiger partial charge in [0.1, 0.15) is 0 Å². The van der Waals surface area contributed by atoms with Crippen LogP contribution in [-0.4, -0.2) is 45.6 Å². The van der Waals surface area contributed by atoms with E-state index in [0.29, 0.717) is 19.8 Å². The van der Waals surface area contributed by atoms with E-state index in [-0.39, 0.29) is 6.61 Å². The predicted octanol–water partition coefficient (Wildman–Crippen LogP) is -1.20. The lowest BCUT2D eigenvalue weighted by atomic mass is 10.4. The van der Waals surface area contributed by atoms with Crippen molar-refractivity contribution >= 4 is 5.97 Å². The average Bonchev–Trinajstić information content (AvgIpc) is 2.10. The molecule has 5 nitrogen and oxygen atoms in total. The van der Waals surface area contributed by atoms with Gasteiger partial charge in [-0.25, -0.2) is 0 Å². The summed E-state index contributed by atoms with van der Waals surface area (Å²) >= 11 is 0. The molecule has 0 rings (SSSR count). The molecule has 0 saturated heterocycles. The number of carbonyl (C=O) groups excluding carboxylic acids is 1. The highest BCUT2D eigenvalue weighted by Gasteiger charge is 2.01. The van der Waals surface area contributed by atoms with Crippen molar-refractivity contribution in [3.63, 3.8) is 0 Å². The lowest BCUT2D eigenvalue weighted by molar-refractivity contribution is -0.316. The van der Waals surface area contributed by atoms with Gasteiger partial charge in [0, 0.05) is 7.11 Å². The molecule has 0 N–H and O–H groups in total. The third-order valence-corrected chi connectivity index (χ3v) is 1.36. The van der Waals surface area contributed by atoms with E-state index in [1.54, 1.807) is 7.11 Å². The Hall–Kier alpha value is -0.650. The zero-order valence-corrected chi connectivity index (χ0v) is 7.95. The van der Waals surface area contributed by atoms with Gasteiger partial charge in [-0.1, -0.05) is 0 Å². The molecule has 0 saturated carbocycles. The summed E-state index contributed by atoms with van der Waals surface area (Å²) in [5, 5.41) is 10.2. The number of aliphatic carboxylic acids is 1. The molecule has 0 aliphatic heterocycles. The largest absolute Gasteiger partial charge is 0.547 e. The average molecular weight is 191 g/mol. The molecule has 0 spiro atoms. The van der Waals surface area contributed by atoms with Crippen molar-refractivity contribution in [2.45, 2.75) is 13.0 Å². The number of hydrogen-bond acceptors (Lipinski definition) is 5. The molecule has 5 heteroatoms. The Labute approximate surface area is 77.6 Å². The first-order valence-corrected chi connectivity index (χ1v) is 4.07. The topological polar surface area (TPSA) is 67.8 Å². The van der Waals surface area contributed by atoms with Crippen molar-refractivity contribution in [1.82, 2.24) is 0 Å². The number of carbonyl (C=O) groups is 1. The maximum Gasteiger partial charge on any atom is 0.0941 e. The smallest absolute Gasteiger partial charge is 0.0941 e. The first-order chi connectivity index (χ1) is 6.18. The fourth-order valence-corrected chi connectivity index (χ4v) is 0.596. The Kier molecular flexibility index (Phi) is 7.57. The zero-order valence-electron chi connectivity index (χ0n) is 7.95. The van der Waals surface area contributed by atoms with E-state index in [9.17, 15) is 9.90 Å². The summed E-state index contributed by atoms with van der Waals surface area (Å²) in [7, 11) is 1.58. The fourth-order valence-electron chi connectivity index (χ4n) is 0.596. The van der Waals surface area contributed by atoms with Gasteiger partial charge in [0.25, 0.3) is 0 Å². The molecule has 0 heterocycles. The van der Waals surface area contributed by atoms with E-state index in [0.717, 1.165) is 0 Å². The van der Waals surface area contributed by atoms with Gasteiger partial charge in [-0.15, -0.1) is 0 Å². The monoisotopic (exact) mass is 191 g/mol. The minimum Gasteiger partial charge on any atom is -0.547 e. The summed E-state index contributed by atoms with van der Waals surface area (Å²) in [5.74, 6) is -1.21. The van der Waals surface area contributed by atoms with Crippen LogP contribution in [0.5, 0.6) is 0 Å². The Morgan fingerprint density at radius 3 is 2.46 bits per heavy atom.